The lowest BCUT2D eigenvalue weighted by molar-refractivity contribution is -0.154. The van der Waals surface area contributed by atoms with Gasteiger partial charge in [-0.15, -0.1) is 0 Å². The van der Waals surface area contributed by atoms with Crippen LogP contribution in [-0.4, -0.2) is 75.9 Å². The molecule has 2 heterocycles. The summed E-state index contributed by atoms with van der Waals surface area (Å²) >= 11 is 0. The molecule has 0 bridgehead atoms. The minimum Gasteiger partial charge on any atom is -0.459 e. The topological polar surface area (TPSA) is 138 Å². The number of ether oxygens (including phenoxy) is 3. The Morgan fingerprint density at radius 2 is 1.55 bits per heavy atom. The Balaban J connectivity index is 1.51. The maximum Gasteiger partial charge on any atom is 0.338 e. The van der Waals surface area contributed by atoms with E-state index in [4.69, 9.17) is 14.2 Å². The number of esters is 2. The van der Waals surface area contributed by atoms with E-state index in [1.807, 2.05) is 0 Å². The number of aliphatic hydroxyl groups excluding tert-OH is 3. The minimum absolute atomic E-state index is 0.274. The predicted octanol–water partition coefficient (Wildman–Crippen LogP) is 0.168. The molecule has 0 amide bonds. The summed E-state index contributed by atoms with van der Waals surface area (Å²) in [6, 6.07) is 16.6. The van der Waals surface area contributed by atoms with Gasteiger partial charge < -0.3 is 34.4 Å². The third-order valence-electron chi connectivity index (χ3n) is 5.29. The highest BCUT2D eigenvalue weighted by atomic mass is 16.6. The van der Waals surface area contributed by atoms with Crippen LogP contribution in [0.2, 0.25) is 0 Å². The van der Waals surface area contributed by atoms with Crippen molar-refractivity contribution >= 4 is 11.9 Å². The van der Waals surface area contributed by atoms with Crippen molar-refractivity contribution in [3.05, 3.63) is 84.1 Å². The number of carbonyl (C=O) groups excluding carboxylic acids is 2. The Kier molecular flexibility index (Phi) is 7.02. The largest absolute Gasteiger partial charge is 0.459 e. The molecule has 0 aromatic heterocycles. The van der Waals surface area contributed by atoms with E-state index >= 15 is 0 Å². The number of hydrogen-bond donors (Lipinski definition) is 4. The van der Waals surface area contributed by atoms with Gasteiger partial charge in [0, 0.05) is 6.20 Å². The van der Waals surface area contributed by atoms with E-state index < -0.39 is 49.1 Å². The Bertz CT molecular complexity index is 986. The van der Waals surface area contributed by atoms with Crippen LogP contribution in [0.3, 0.4) is 0 Å². The van der Waals surface area contributed by atoms with E-state index in [0.717, 1.165) is 0 Å². The zero-order valence-electron chi connectivity index (χ0n) is 17.4. The summed E-state index contributed by atoms with van der Waals surface area (Å²) in [7, 11) is 0. The lowest BCUT2D eigenvalue weighted by atomic mass is 10.1. The molecule has 0 aliphatic carbocycles. The summed E-state index contributed by atoms with van der Waals surface area (Å²) < 4.78 is 16.7. The van der Waals surface area contributed by atoms with E-state index in [0.29, 0.717) is 5.56 Å². The molecule has 4 rings (SSSR count). The summed E-state index contributed by atoms with van der Waals surface area (Å²) in [5.41, 5.74) is 0.605. The Labute approximate surface area is 189 Å². The van der Waals surface area contributed by atoms with Crippen LogP contribution in [0.1, 0.15) is 20.7 Å². The van der Waals surface area contributed by atoms with Gasteiger partial charge in [-0.2, -0.15) is 0 Å². The predicted molar refractivity (Wildman–Crippen MR) is 113 cm³/mol. The minimum atomic E-state index is -1.39. The molecule has 33 heavy (non-hydrogen) atoms. The standard InChI is InChI=1S/C23H24N2O8/c26-17-11-12-25(23(30)24-17)20-18(27)19(33-22(29)15-9-5-2-6-10-15)16(32-20)13-31-21(28)14-7-3-1-4-8-14/h1-12,16-20,23-24,26-27,30H,13H2/t16-,17+,18?,19?,20-,23+/m0/s1. The lowest BCUT2D eigenvalue weighted by Crippen LogP contribution is -2.56. The molecule has 1 fully saturated rings. The molecule has 4 N–H and O–H groups in total. The van der Waals surface area contributed by atoms with E-state index in [1.165, 1.54) is 17.2 Å². The number of hydrogen-bond acceptors (Lipinski definition) is 10. The number of aliphatic hydroxyl groups is 3. The summed E-state index contributed by atoms with van der Waals surface area (Å²) in [5.74, 6) is -1.29. The molecule has 10 nitrogen and oxygen atoms in total. The Morgan fingerprint density at radius 3 is 2.15 bits per heavy atom. The van der Waals surface area contributed by atoms with Crippen LogP contribution >= 0.6 is 0 Å². The van der Waals surface area contributed by atoms with Crippen LogP contribution in [0.4, 0.5) is 0 Å². The summed E-state index contributed by atoms with van der Waals surface area (Å²) in [6.45, 7) is -0.308. The molecule has 10 heteroatoms. The van der Waals surface area contributed by atoms with Crippen molar-refractivity contribution in [3.63, 3.8) is 0 Å². The van der Waals surface area contributed by atoms with Crippen molar-refractivity contribution < 1.29 is 39.1 Å². The molecule has 6 atom stereocenters. The first-order chi connectivity index (χ1) is 15.9. The Morgan fingerprint density at radius 1 is 0.939 bits per heavy atom. The summed E-state index contributed by atoms with van der Waals surface area (Å²) in [6.07, 6.45) is -4.51. The second kappa shape index (κ2) is 10.1. The maximum absolute atomic E-state index is 12.6. The number of benzene rings is 2. The van der Waals surface area contributed by atoms with E-state index in [2.05, 4.69) is 5.32 Å². The van der Waals surface area contributed by atoms with E-state index in [1.54, 1.807) is 60.7 Å². The van der Waals surface area contributed by atoms with Crippen LogP contribution in [0.25, 0.3) is 0 Å². The number of rotatable bonds is 6. The second-order valence-electron chi connectivity index (χ2n) is 7.53. The SMILES string of the molecule is O=C(OC[C@@H]1O[C@H](N2C=C[C@@H](O)N[C@H]2O)C(O)C1OC(=O)c1ccccc1)c1ccccc1. The molecule has 2 aromatic carbocycles. The van der Waals surface area contributed by atoms with Gasteiger partial charge in [0.2, 0.25) is 0 Å². The lowest BCUT2D eigenvalue weighted by Gasteiger charge is -2.37. The number of nitrogens with zero attached hydrogens (tertiary/aromatic N) is 1. The van der Waals surface area contributed by atoms with Crippen molar-refractivity contribution in [2.45, 2.75) is 37.1 Å². The van der Waals surface area contributed by atoms with Crippen molar-refractivity contribution in [1.29, 1.82) is 0 Å². The van der Waals surface area contributed by atoms with Crippen LogP contribution < -0.4 is 5.32 Å². The van der Waals surface area contributed by atoms with Crippen LogP contribution in [-0.2, 0) is 14.2 Å². The van der Waals surface area contributed by atoms with Gasteiger partial charge in [-0.3, -0.25) is 0 Å². The van der Waals surface area contributed by atoms with Gasteiger partial charge in [0.15, 0.2) is 18.7 Å². The second-order valence-corrected chi connectivity index (χ2v) is 7.53. The fourth-order valence-electron chi connectivity index (χ4n) is 3.61. The highest BCUT2D eigenvalue weighted by molar-refractivity contribution is 5.90. The molecule has 2 unspecified atom stereocenters. The zero-order chi connectivity index (χ0) is 23.4. The summed E-state index contributed by atoms with van der Waals surface area (Å²) in [4.78, 5) is 26.2. The average Bonchev–Trinajstić information content (AvgIpc) is 3.13. The summed E-state index contributed by atoms with van der Waals surface area (Å²) in [5, 5.41) is 33.2. The zero-order valence-corrected chi connectivity index (χ0v) is 17.4. The fraction of sp³-hybridized carbons (Fsp3) is 0.304. The van der Waals surface area contributed by atoms with E-state index in [9.17, 15) is 24.9 Å². The first kappa shape index (κ1) is 22.9. The van der Waals surface area contributed by atoms with Crippen LogP contribution in [0.5, 0.6) is 0 Å². The molecule has 2 aliphatic heterocycles. The highest BCUT2D eigenvalue weighted by Gasteiger charge is 2.50. The third-order valence-corrected chi connectivity index (χ3v) is 5.29. The quantitative estimate of drug-likeness (QED) is 0.445. The van der Waals surface area contributed by atoms with Crippen molar-refractivity contribution in [1.82, 2.24) is 10.2 Å². The molecular formula is C23H24N2O8. The average molecular weight is 456 g/mol. The van der Waals surface area contributed by atoms with Gasteiger partial charge in [-0.25, -0.2) is 14.9 Å². The van der Waals surface area contributed by atoms with Gasteiger partial charge in [0.1, 0.15) is 25.0 Å². The smallest absolute Gasteiger partial charge is 0.338 e. The molecule has 0 saturated carbocycles. The number of carbonyl (C=O) groups is 2. The van der Waals surface area contributed by atoms with Gasteiger partial charge >= 0.3 is 11.9 Å². The molecule has 1 saturated heterocycles. The normalized spacial score (nSPS) is 29.0. The molecule has 174 valence electrons. The third kappa shape index (κ3) is 5.21. The van der Waals surface area contributed by atoms with Gasteiger partial charge in [0.25, 0.3) is 0 Å². The van der Waals surface area contributed by atoms with Gasteiger partial charge in [-0.1, -0.05) is 36.4 Å². The maximum atomic E-state index is 12.6. The molecule has 2 aliphatic rings. The van der Waals surface area contributed by atoms with Crippen LogP contribution in [0, 0.1) is 0 Å². The number of nitrogens with one attached hydrogen (secondary N) is 1. The van der Waals surface area contributed by atoms with E-state index in [-0.39, 0.29) is 12.2 Å². The van der Waals surface area contributed by atoms with Gasteiger partial charge in [-0.05, 0) is 30.3 Å². The molecular weight excluding hydrogens is 432 g/mol. The van der Waals surface area contributed by atoms with Crippen LogP contribution in [0.15, 0.2) is 72.9 Å². The van der Waals surface area contributed by atoms with Crippen molar-refractivity contribution in [2.24, 2.45) is 0 Å². The Hall–Kier alpha value is -3.28. The highest BCUT2D eigenvalue weighted by Crippen LogP contribution is 2.29. The fourth-order valence-corrected chi connectivity index (χ4v) is 3.61. The molecule has 2 aromatic rings. The van der Waals surface area contributed by atoms with Gasteiger partial charge in [0.05, 0.1) is 11.1 Å². The monoisotopic (exact) mass is 456 g/mol. The molecule has 0 radical (unpaired) electrons. The molecule has 0 spiro atoms. The van der Waals surface area contributed by atoms with Crippen molar-refractivity contribution in [3.8, 4) is 0 Å². The van der Waals surface area contributed by atoms with Crippen molar-refractivity contribution in [2.75, 3.05) is 6.61 Å². The first-order valence-corrected chi connectivity index (χ1v) is 10.3. The first-order valence-electron chi connectivity index (χ1n) is 10.3.